The zero-order chi connectivity index (χ0) is 18.6. The van der Waals surface area contributed by atoms with Crippen LogP contribution in [0.15, 0.2) is 89.4 Å². The number of benzene rings is 3. The summed E-state index contributed by atoms with van der Waals surface area (Å²) < 4.78 is 0.915. The fourth-order valence-electron chi connectivity index (χ4n) is 4.61. The van der Waals surface area contributed by atoms with Crippen molar-refractivity contribution in [3.63, 3.8) is 0 Å². The van der Waals surface area contributed by atoms with Crippen molar-refractivity contribution in [2.24, 2.45) is 11.8 Å². The predicted molar refractivity (Wildman–Crippen MR) is 107 cm³/mol. The van der Waals surface area contributed by atoms with E-state index in [9.17, 15) is 9.59 Å². The van der Waals surface area contributed by atoms with Gasteiger partial charge in [0, 0.05) is 9.89 Å². The molecule has 2 amide bonds. The van der Waals surface area contributed by atoms with Gasteiger partial charge in [-0.1, -0.05) is 76.6 Å². The lowest BCUT2D eigenvalue weighted by Crippen LogP contribution is -2.39. The zero-order valence-electron chi connectivity index (χ0n) is 14.4. The van der Waals surface area contributed by atoms with E-state index in [2.05, 4.69) is 15.9 Å². The molecule has 2 atom stereocenters. The molecule has 0 aromatic heterocycles. The van der Waals surface area contributed by atoms with Crippen molar-refractivity contribution >= 4 is 33.4 Å². The van der Waals surface area contributed by atoms with Crippen molar-refractivity contribution < 1.29 is 9.59 Å². The fraction of sp³-hybridized carbons (Fsp3) is 0.130. The Balaban J connectivity index is 1.61. The molecular weight excluding hydrogens is 402 g/mol. The van der Waals surface area contributed by atoms with Gasteiger partial charge in [0.1, 0.15) is 0 Å². The quantitative estimate of drug-likeness (QED) is 0.585. The van der Waals surface area contributed by atoms with Crippen LogP contribution in [0.2, 0.25) is 0 Å². The summed E-state index contributed by atoms with van der Waals surface area (Å²) in [5, 5.41) is 0. The standard InChI is InChI=1S/C23H16BrNO2/c24-17-11-13-18(14-12-17)25-21(26)19-20(22(25)27)23(19,15-7-3-1-4-8-15)16-9-5-2-6-10-16/h1-14,19-20H/t19-,20+. The van der Waals surface area contributed by atoms with Crippen molar-refractivity contribution in [1.82, 2.24) is 0 Å². The minimum atomic E-state index is -0.553. The van der Waals surface area contributed by atoms with Gasteiger partial charge in [0.25, 0.3) is 0 Å². The number of rotatable bonds is 3. The van der Waals surface area contributed by atoms with E-state index >= 15 is 0 Å². The average molecular weight is 418 g/mol. The van der Waals surface area contributed by atoms with E-state index in [0.717, 1.165) is 15.6 Å². The molecule has 1 saturated heterocycles. The molecule has 1 aliphatic carbocycles. The summed E-state index contributed by atoms with van der Waals surface area (Å²) in [7, 11) is 0. The Bertz CT molecular complexity index is 967. The van der Waals surface area contributed by atoms with Crippen LogP contribution in [0.3, 0.4) is 0 Å². The molecule has 0 unspecified atom stereocenters. The van der Waals surface area contributed by atoms with Gasteiger partial charge in [-0.3, -0.25) is 9.59 Å². The molecule has 5 rings (SSSR count). The SMILES string of the molecule is O=C1[C@@H]2[C@H](C(=O)N1c1ccc(Br)cc1)C2(c1ccccc1)c1ccccc1. The van der Waals surface area contributed by atoms with E-state index in [-0.39, 0.29) is 23.7 Å². The number of hydrogen-bond acceptors (Lipinski definition) is 2. The highest BCUT2D eigenvalue weighted by molar-refractivity contribution is 9.10. The van der Waals surface area contributed by atoms with E-state index in [1.165, 1.54) is 4.90 Å². The number of piperidine rings is 1. The molecule has 3 nitrogen and oxygen atoms in total. The number of nitrogens with zero attached hydrogens (tertiary/aromatic N) is 1. The number of halogens is 1. The molecule has 3 aromatic rings. The Morgan fingerprint density at radius 3 is 1.56 bits per heavy atom. The maximum absolute atomic E-state index is 13.3. The molecule has 1 heterocycles. The predicted octanol–water partition coefficient (Wildman–Crippen LogP) is 4.55. The Morgan fingerprint density at radius 2 is 1.11 bits per heavy atom. The van der Waals surface area contributed by atoms with Crippen molar-refractivity contribution in [1.29, 1.82) is 0 Å². The van der Waals surface area contributed by atoms with Crippen LogP contribution in [-0.2, 0) is 15.0 Å². The first-order valence-electron chi connectivity index (χ1n) is 8.90. The topological polar surface area (TPSA) is 37.4 Å². The van der Waals surface area contributed by atoms with Crippen LogP contribution in [0.5, 0.6) is 0 Å². The Morgan fingerprint density at radius 1 is 0.667 bits per heavy atom. The number of carbonyl (C=O) groups is 2. The second kappa shape index (κ2) is 5.89. The van der Waals surface area contributed by atoms with Crippen molar-refractivity contribution in [3.8, 4) is 0 Å². The summed E-state index contributed by atoms with van der Waals surface area (Å²) in [6, 6.07) is 27.2. The largest absolute Gasteiger partial charge is 0.274 e. The minimum absolute atomic E-state index is 0.111. The van der Waals surface area contributed by atoms with Gasteiger partial charge in [-0.15, -0.1) is 0 Å². The van der Waals surface area contributed by atoms with E-state index in [1.54, 1.807) is 12.1 Å². The molecule has 2 aliphatic rings. The maximum atomic E-state index is 13.3. The Kier molecular flexibility index (Phi) is 3.59. The van der Waals surface area contributed by atoms with Crippen molar-refractivity contribution in [2.45, 2.75) is 5.41 Å². The van der Waals surface area contributed by atoms with Crippen molar-refractivity contribution in [2.75, 3.05) is 4.90 Å². The normalized spacial score (nSPS) is 22.6. The molecule has 0 N–H and O–H groups in total. The van der Waals surface area contributed by atoms with Gasteiger partial charge in [0.2, 0.25) is 11.8 Å². The third-order valence-electron chi connectivity index (χ3n) is 5.77. The summed E-state index contributed by atoms with van der Waals surface area (Å²) in [6.45, 7) is 0. The van der Waals surface area contributed by atoms with Crippen LogP contribution in [-0.4, -0.2) is 11.8 Å². The monoisotopic (exact) mass is 417 g/mol. The van der Waals surface area contributed by atoms with Crippen LogP contribution in [0.1, 0.15) is 11.1 Å². The van der Waals surface area contributed by atoms with Crippen LogP contribution in [0.4, 0.5) is 5.69 Å². The Labute approximate surface area is 165 Å². The number of amides is 2. The zero-order valence-corrected chi connectivity index (χ0v) is 16.0. The molecule has 1 saturated carbocycles. The highest BCUT2D eigenvalue weighted by Crippen LogP contribution is 2.68. The second-order valence-corrected chi connectivity index (χ2v) is 7.96. The molecule has 0 radical (unpaired) electrons. The first kappa shape index (κ1) is 16.5. The summed E-state index contributed by atoms with van der Waals surface area (Å²) >= 11 is 3.40. The van der Waals surface area contributed by atoms with Crippen LogP contribution in [0, 0.1) is 11.8 Å². The summed E-state index contributed by atoms with van der Waals surface area (Å²) in [5.41, 5.74) is 2.14. The van der Waals surface area contributed by atoms with Gasteiger partial charge in [-0.25, -0.2) is 4.90 Å². The number of hydrogen-bond donors (Lipinski definition) is 0. The first-order chi connectivity index (χ1) is 13.2. The molecule has 27 heavy (non-hydrogen) atoms. The summed E-state index contributed by atoms with van der Waals surface area (Å²) in [5.74, 6) is -0.919. The summed E-state index contributed by atoms with van der Waals surface area (Å²) in [6.07, 6.45) is 0. The fourth-order valence-corrected chi connectivity index (χ4v) is 4.87. The smallest absolute Gasteiger partial charge is 0.239 e. The van der Waals surface area contributed by atoms with E-state index in [4.69, 9.17) is 0 Å². The minimum Gasteiger partial charge on any atom is -0.274 e. The molecule has 2 fully saturated rings. The average Bonchev–Trinajstić information content (AvgIpc) is 3.35. The molecule has 4 heteroatoms. The van der Waals surface area contributed by atoms with E-state index in [0.29, 0.717) is 5.69 Å². The third-order valence-corrected chi connectivity index (χ3v) is 6.29. The van der Waals surface area contributed by atoms with E-state index < -0.39 is 5.41 Å². The van der Waals surface area contributed by atoms with Crippen molar-refractivity contribution in [3.05, 3.63) is 101 Å². The number of anilines is 1. The molecule has 0 spiro atoms. The van der Waals surface area contributed by atoms with Gasteiger partial charge in [-0.2, -0.15) is 0 Å². The first-order valence-corrected chi connectivity index (χ1v) is 9.69. The van der Waals surface area contributed by atoms with Crippen LogP contribution < -0.4 is 4.90 Å². The molecule has 1 aliphatic heterocycles. The van der Waals surface area contributed by atoms with Gasteiger partial charge >= 0.3 is 0 Å². The molecule has 132 valence electrons. The number of fused-ring (bicyclic) bond motifs is 1. The van der Waals surface area contributed by atoms with Gasteiger partial charge < -0.3 is 0 Å². The second-order valence-electron chi connectivity index (χ2n) is 7.04. The molecule has 0 bridgehead atoms. The lowest BCUT2D eigenvalue weighted by Gasteiger charge is -2.26. The molecule has 3 aromatic carbocycles. The lowest BCUT2D eigenvalue weighted by molar-refractivity contribution is -0.124. The number of carbonyl (C=O) groups excluding carboxylic acids is 2. The Hall–Kier alpha value is -2.72. The highest BCUT2D eigenvalue weighted by atomic mass is 79.9. The van der Waals surface area contributed by atoms with Crippen LogP contribution >= 0.6 is 15.9 Å². The lowest BCUT2D eigenvalue weighted by atomic mass is 9.83. The number of imide groups is 1. The molecular formula is C23H16BrNO2. The van der Waals surface area contributed by atoms with Gasteiger partial charge in [0.15, 0.2) is 0 Å². The van der Waals surface area contributed by atoms with Gasteiger partial charge in [0.05, 0.1) is 17.5 Å². The van der Waals surface area contributed by atoms with Gasteiger partial charge in [-0.05, 0) is 35.4 Å². The third kappa shape index (κ3) is 2.20. The highest BCUT2D eigenvalue weighted by Gasteiger charge is 2.78. The summed E-state index contributed by atoms with van der Waals surface area (Å²) in [4.78, 5) is 27.9. The van der Waals surface area contributed by atoms with E-state index in [1.807, 2.05) is 72.8 Å². The maximum Gasteiger partial charge on any atom is 0.239 e. The van der Waals surface area contributed by atoms with Crippen LogP contribution in [0.25, 0.3) is 0 Å².